The minimum atomic E-state index is -0.916. The highest BCUT2D eigenvalue weighted by Gasteiger charge is 2.35. The molecule has 0 saturated carbocycles. The van der Waals surface area contributed by atoms with E-state index in [9.17, 15) is 14.4 Å². The predicted octanol–water partition coefficient (Wildman–Crippen LogP) is 2.19. The van der Waals surface area contributed by atoms with E-state index in [0.717, 1.165) is 11.8 Å². The van der Waals surface area contributed by atoms with Crippen LogP contribution in [0.2, 0.25) is 0 Å². The van der Waals surface area contributed by atoms with Crippen LogP contribution in [0.1, 0.15) is 12.8 Å². The molecular weight excluding hydrogens is 362 g/mol. The van der Waals surface area contributed by atoms with Crippen molar-refractivity contribution in [3.63, 3.8) is 0 Å². The molecule has 0 aromatic rings. The zero-order valence-corrected chi connectivity index (χ0v) is 14.7. The Labute approximate surface area is 153 Å². The van der Waals surface area contributed by atoms with Crippen LogP contribution in [-0.4, -0.2) is 44.6 Å². The average molecular weight is 377 g/mol. The number of carboxylic acid groups (broad SMARTS) is 1. The van der Waals surface area contributed by atoms with Crippen LogP contribution in [0.3, 0.4) is 0 Å². The molecule has 130 valence electrons. The molecule has 2 heterocycles. The van der Waals surface area contributed by atoms with Crippen molar-refractivity contribution >= 4 is 46.0 Å². The van der Waals surface area contributed by atoms with Crippen molar-refractivity contribution in [3.8, 4) is 0 Å². The number of hydrogen-bond acceptors (Lipinski definition) is 6. The summed E-state index contributed by atoms with van der Waals surface area (Å²) in [6.07, 6.45) is 10.1. The Hall–Kier alpha value is -2.19. The van der Waals surface area contributed by atoms with E-state index in [4.69, 9.17) is 22.1 Å². The minimum absolute atomic E-state index is 0.0312. The first-order valence-electron chi connectivity index (χ1n) is 7.69. The number of Topliss-reactive ketones (excluding diaryl/α,β-unsaturated/α-hetero) is 1. The first kappa shape index (κ1) is 17.6. The van der Waals surface area contributed by atoms with Gasteiger partial charge in [0.2, 0.25) is 0 Å². The van der Waals surface area contributed by atoms with Crippen LogP contribution in [0.15, 0.2) is 47.1 Å². The molecule has 0 spiro atoms. The maximum Gasteiger partial charge on any atom is 0.303 e. The lowest BCUT2D eigenvalue weighted by molar-refractivity contribution is -0.137. The monoisotopic (exact) mass is 377 g/mol. The third kappa shape index (κ3) is 3.74. The number of rotatable bonds is 5. The summed E-state index contributed by atoms with van der Waals surface area (Å²) in [7, 11) is 0. The SMILES string of the molecule is O=C(O)CCCN1C(=O)/C(=C/C2=COC3C=CC=CC3C2=O)SC1=S. The van der Waals surface area contributed by atoms with E-state index >= 15 is 0 Å². The number of thioether (sulfide) groups is 1. The van der Waals surface area contributed by atoms with Crippen molar-refractivity contribution in [2.45, 2.75) is 18.9 Å². The Bertz CT molecular complexity index is 765. The van der Waals surface area contributed by atoms with Gasteiger partial charge in [-0.15, -0.1) is 0 Å². The molecule has 6 nitrogen and oxygen atoms in total. The van der Waals surface area contributed by atoms with Gasteiger partial charge in [0.15, 0.2) is 5.78 Å². The molecule has 1 saturated heterocycles. The molecule has 3 rings (SSSR count). The summed E-state index contributed by atoms with van der Waals surface area (Å²) in [4.78, 5) is 37.3. The van der Waals surface area contributed by atoms with E-state index in [2.05, 4.69) is 0 Å². The number of amides is 1. The Morgan fingerprint density at radius 1 is 1.36 bits per heavy atom. The van der Waals surface area contributed by atoms with Crippen LogP contribution >= 0.6 is 24.0 Å². The van der Waals surface area contributed by atoms with Gasteiger partial charge >= 0.3 is 5.97 Å². The molecule has 2 atom stereocenters. The molecule has 2 unspecified atom stereocenters. The molecule has 3 aliphatic rings. The lowest BCUT2D eigenvalue weighted by Crippen LogP contribution is -2.32. The molecule has 1 fully saturated rings. The number of aliphatic carboxylic acids is 1. The lowest BCUT2D eigenvalue weighted by Gasteiger charge is -2.27. The fraction of sp³-hybridized carbons (Fsp3) is 0.294. The maximum absolute atomic E-state index is 12.6. The fourth-order valence-corrected chi connectivity index (χ4v) is 3.98. The molecule has 0 aromatic heterocycles. The molecule has 25 heavy (non-hydrogen) atoms. The number of thiocarbonyl (C=S) groups is 1. The Morgan fingerprint density at radius 2 is 2.12 bits per heavy atom. The number of nitrogens with zero attached hydrogens (tertiary/aromatic N) is 1. The normalized spacial score (nSPS) is 26.7. The van der Waals surface area contributed by atoms with Gasteiger partial charge in [0.05, 0.1) is 22.7 Å². The van der Waals surface area contributed by atoms with E-state index in [1.807, 2.05) is 12.2 Å². The van der Waals surface area contributed by atoms with Gasteiger partial charge in [-0.1, -0.05) is 42.2 Å². The van der Waals surface area contributed by atoms with Crippen LogP contribution in [0, 0.1) is 5.92 Å². The number of fused-ring (bicyclic) bond motifs is 1. The first-order valence-corrected chi connectivity index (χ1v) is 8.92. The van der Waals surface area contributed by atoms with Crippen molar-refractivity contribution in [1.29, 1.82) is 0 Å². The molecular formula is C17H15NO5S2. The summed E-state index contributed by atoms with van der Waals surface area (Å²) in [6, 6.07) is 0. The third-order valence-electron chi connectivity index (χ3n) is 3.96. The summed E-state index contributed by atoms with van der Waals surface area (Å²) < 4.78 is 5.92. The Balaban J connectivity index is 1.72. The highest BCUT2D eigenvalue weighted by molar-refractivity contribution is 8.26. The van der Waals surface area contributed by atoms with Crippen LogP contribution in [0.5, 0.6) is 0 Å². The van der Waals surface area contributed by atoms with Gasteiger partial charge in [-0.2, -0.15) is 0 Å². The molecule has 2 aliphatic heterocycles. The molecule has 8 heteroatoms. The highest BCUT2D eigenvalue weighted by atomic mass is 32.2. The number of ketones is 1. The number of carbonyl (C=O) groups excluding carboxylic acids is 2. The fourth-order valence-electron chi connectivity index (χ4n) is 2.68. The average Bonchev–Trinajstić information content (AvgIpc) is 2.85. The van der Waals surface area contributed by atoms with E-state index in [-0.39, 0.29) is 36.7 Å². The zero-order chi connectivity index (χ0) is 18.0. The van der Waals surface area contributed by atoms with Crippen LogP contribution in [-0.2, 0) is 19.1 Å². The van der Waals surface area contributed by atoms with Gasteiger partial charge in [0.1, 0.15) is 10.4 Å². The Morgan fingerprint density at radius 3 is 2.88 bits per heavy atom. The van der Waals surface area contributed by atoms with Crippen molar-refractivity contribution < 1.29 is 24.2 Å². The van der Waals surface area contributed by atoms with Gasteiger partial charge in [0.25, 0.3) is 5.91 Å². The van der Waals surface area contributed by atoms with Gasteiger partial charge in [-0.25, -0.2) is 0 Å². The van der Waals surface area contributed by atoms with Gasteiger partial charge in [0, 0.05) is 13.0 Å². The smallest absolute Gasteiger partial charge is 0.303 e. The summed E-state index contributed by atoms with van der Waals surface area (Å²) in [5.74, 6) is -1.72. The van der Waals surface area contributed by atoms with Crippen molar-refractivity contribution in [1.82, 2.24) is 4.90 Å². The van der Waals surface area contributed by atoms with Crippen molar-refractivity contribution in [3.05, 3.63) is 47.1 Å². The molecule has 0 aromatic carbocycles. The maximum atomic E-state index is 12.6. The largest absolute Gasteiger partial charge is 0.492 e. The molecule has 1 aliphatic carbocycles. The van der Waals surface area contributed by atoms with E-state index < -0.39 is 5.97 Å². The second-order valence-electron chi connectivity index (χ2n) is 5.66. The topological polar surface area (TPSA) is 83.9 Å². The second kappa shape index (κ2) is 7.37. The summed E-state index contributed by atoms with van der Waals surface area (Å²) in [5.41, 5.74) is 0.326. The number of ether oxygens (including phenoxy) is 1. The molecule has 0 bridgehead atoms. The number of carboxylic acids is 1. The van der Waals surface area contributed by atoms with Gasteiger partial charge < -0.3 is 9.84 Å². The second-order valence-corrected chi connectivity index (χ2v) is 7.34. The molecule has 0 radical (unpaired) electrons. The first-order chi connectivity index (χ1) is 12.0. The summed E-state index contributed by atoms with van der Waals surface area (Å²) in [5, 5.41) is 8.69. The molecule has 1 N–H and O–H groups in total. The summed E-state index contributed by atoms with van der Waals surface area (Å²) in [6.45, 7) is 0.246. The number of hydrogen-bond donors (Lipinski definition) is 1. The van der Waals surface area contributed by atoms with E-state index in [1.54, 1.807) is 12.2 Å². The van der Waals surface area contributed by atoms with E-state index in [0.29, 0.717) is 21.2 Å². The van der Waals surface area contributed by atoms with Gasteiger partial charge in [-0.05, 0) is 18.6 Å². The quantitative estimate of drug-likeness (QED) is 0.581. The zero-order valence-electron chi connectivity index (χ0n) is 13.1. The predicted molar refractivity (Wildman–Crippen MR) is 96.6 cm³/mol. The number of carbonyl (C=O) groups is 3. The standard InChI is InChI=1S/C17H15NO5S2/c19-14(20)6-3-7-18-16(22)13(25-17(18)24)8-10-9-23-12-5-2-1-4-11(12)15(10)21/h1-2,4-5,8-9,11-12H,3,6-7H2,(H,19,20)/b13-8-. The highest BCUT2D eigenvalue weighted by Crippen LogP contribution is 2.34. The number of allylic oxidation sites excluding steroid dienone is 4. The Kier molecular flexibility index (Phi) is 5.19. The van der Waals surface area contributed by atoms with Crippen LogP contribution in [0.25, 0.3) is 0 Å². The summed E-state index contributed by atoms with van der Waals surface area (Å²) >= 11 is 6.29. The van der Waals surface area contributed by atoms with E-state index in [1.165, 1.54) is 17.2 Å². The van der Waals surface area contributed by atoms with Crippen LogP contribution in [0.4, 0.5) is 0 Å². The van der Waals surface area contributed by atoms with Crippen molar-refractivity contribution in [2.75, 3.05) is 6.54 Å². The third-order valence-corrected chi connectivity index (χ3v) is 5.33. The van der Waals surface area contributed by atoms with Gasteiger partial charge in [-0.3, -0.25) is 19.3 Å². The molecule has 1 amide bonds. The minimum Gasteiger partial charge on any atom is -0.492 e. The van der Waals surface area contributed by atoms with Crippen LogP contribution < -0.4 is 0 Å². The van der Waals surface area contributed by atoms with Crippen molar-refractivity contribution in [2.24, 2.45) is 5.92 Å². The lowest BCUT2D eigenvalue weighted by atomic mass is 9.88.